The summed E-state index contributed by atoms with van der Waals surface area (Å²) < 4.78 is 4.53. The molecule has 2 nitrogen and oxygen atoms in total. The molecule has 7 heavy (non-hydrogen) atoms. The Morgan fingerprint density at radius 2 is 2.43 bits per heavy atom. The van der Waals surface area contributed by atoms with Gasteiger partial charge >= 0.3 is 0 Å². The van der Waals surface area contributed by atoms with Gasteiger partial charge in [-0.2, -0.15) is 0 Å². The SMILES string of the molecule is COC=C(C)C[O]. The van der Waals surface area contributed by atoms with Crippen LogP contribution in [0, 0.1) is 0 Å². The molecule has 0 N–H and O–H groups in total. The van der Waals surface area contributed by atoms with Crippen LogP contribution >= 0.6 is 0 Å². The molecule has 0 amide bonds. The first-order chi connectivity index (χ1) is 3.31. The molecule has 2 heteroatoms. The van der Waals surface area contributed by atoms with Gasteiger partial charge in [0.2, 0.25) is 0 Å². The molecular formula is C5H9O2. The van der Waals surface area contributed by atoms with Crippen molar-refractivity contribution in [2.24, 2.45) is 0 Å². The van der Waals surface area contributed by atoms with Crippen molar-refractivity contribution >= 4 is 0 Å². The van der Waals surface area contributed by atoms with Gasteiger partial charge in [0.05, 0.1) is 13.4 Å². The van der Waals surface area contributed by atoms with Crippen molar-refractivity contribution in [3.05, 3.63) is 11.8 Å². The van der Waals surface area contributed by atoms with E-state index in [1.54, 1.807) is 6.92 Å². The lowest BCUT2D eigenvalue weighted by Gasteiger charge is -1.88. The standard InChI is InChI=1S/C5H9O2/c1-5(3-6)4-7-2/h4H,3H2,1-2H3. The van der Waals surface area contributed by atoms with Gasteiger partial charge in [0.15, 0.2) is 0 Å². The second kappa shape index (κ2) is 3.68. The van der Waals surface area contributed by atoms with Crippen molar-refractivity contribution in [1.29, 1.82) is 0 Å². The van der Waals surface area contributed by atoms with Gasteiger partial charge in [-0.15, -0.1) is 0 Å². The van der Waals surface area contributed by atoms with Crippen molar-refractivity contribution in [3.8, 4) is 0 Å². The Bertz CT molecular complexity index is 66.5. The van der Waals surface area contributed by atoms with Crippen LogP contribution in [0.15, 0.2) is 11.8 Å². The van der Waals surface area contributed by atoms with E-state index in [-0.39, 0.29) is 6.61 Å². The molecule has 41 valence electrons. The predicted molar refractivity (Wildman–Crippen MR) is 26.3 cm³/mol. The zero-order chi connectivity index (χ0) is 5.70. The number of hydrogen-bond donors (Lipinski definition) is 0. The summed E-state index contributed by atoms with van der Waals surface area (Å²) in [6.45, 7) is 1.56. The lowest BCUT2D eigenvalue weighted by molar-refractivity contribution is 0.217. The van der Waals surface area contributed by atoms with Crippen LogP contribution in [0.3, 0.4) is 0 Å². The highest BCUT2D eigenvalue weighted by atomic mass is 16.5. The summed E-state index contributed by atoms with van der Waals surface area (Å²) in [5, 5.41) is 9.87. The average Bonchev–Trinajstić information content (AvgIpc) is 1.68. The molecule has 0 aliphatic heterocycles. The maximum atomic E-state index is 9.87. The molecule has 0 atom stereocenters. The lowest BCUT2D eigenvalue weighted by atomic mass is 10.4. The van der Waals surface area contributed by atoms with Crippen LogP contribution < -0.4 is 0 Å². The van der Waals surface area contributed by atoms with Crippen LogP contribution in [-0.2, 0) is 9.84 Å². The van der Waals surface area contributed by atoms with Crippen molar-refractivity contribution in [2.45, 2.75) is 6.92 Å². The molecule has 0 bridgehead atoms. The van der Waals surface area contributed by atoms with Crippen LogP contribution in [0.4, 0.5) is 0 Å². The summed E-state index contributed by atoms with van der Waals surface area (Å²) in [6.07, 6.45) is 1.45. The summed E-state index contributed by atoms with van der Waals surface area (Å²) in [5.74, 6) is 0. The third-order valence-electron chi connectivity index (χ3n) is 0.547. The zero-order valence-corrected chi connectivity index (χ0v) is 4.60. The Morgan fingerprint density at radius 1 is 1.86 bits per heavy atom. The van der Waals surface area contributed by atoms with E-state index < -0.39 is 0 Å². The van der Waals surface area contributed by atoms with E-state index in [2.05, 4.69) is 4.74 Å². The van der Waals surface area contributed by atoms with Gasteiger partial charge in [-0.25, -0.2) is 5.11 Å². The molecule has 0 aromatic carbocycles. The Labute approximate surface area is 43.4 Å². The Hall–Kier alpha value is -0.500. The van der Waals surface area contributed by atoms with E-state index in [0.29, 0.717) is 0 Å². The maximum absolute atomic E-state index is 9.87. The Kier molecular flexibility index (Phi) is 3.42. The molecule has 0 aliphatic rings. The fourth-order valence-electron chi connectivity index (χ4n) is 0.235. The van der Waals surface area contributed by atoms with Gasteiger partial charge in [0, 0.05) is 0 Å². The molecule has 0 heterocycles. The van der Waals surface area contributed by atoms with Gasteiger partial charge in [0.1, 0.15) is 6.61 Å². The highest BCUT2D eigenvalue weighted by Crippen LogP contribution is 1.87. The molecule has 0 aliphatic carbocycles. The first-order valence-electron chi connectivity index (χ1n) is 2.07. The van der Waals surface area contributed by atoms with E-state index >= 15 is 0 Å². The lowest BCUT2D eigenvalue weighted by Crippen LogP contribution is -1.81. The van der Waals surface area contributed by atoms with Gasteiger partial charge in [-0.1, -0.05) is 0 Å². The number of rotatable bonds is 2. The second-order valence-electron chi connectivity index (χ2n) is 1.34. The van der Waals surface area contributed by atoms with Crippen LogP contribution in [0.2, 0.25) is 0 Å². The van der Waals surface area contributed by atoms with Crippen LogP contribution in [-0.4, -0.2) is 13.7 Å². The molecule has 0 saturated carbocycles. The maximum Gasteiger partial charge on any atom is 0.106 e. The third kappa shape index (κ3) is 3.33. The fraction of sp³-hybridized carbons (Fsp3) is 0.600. The highest BCUT2D eigenvalue weighted by molar-refractivity contribution is 4.91. The molecule has 0 aromatic rings. The van der Waals surface area contributed by atoms with Crippen LogP contribution in [0.5, 0.6) is 0 Å². The molecule has 0 saturated heterocycles. The van der Waals surface area contributed by atoms with Gasteiger partial charge in [-0.05, 0) is 12.5 Å². The molecule has 0 fully saturated rings. The minimum absolute atomic E-state index is 0.173. The molecule has 0 spiro atoms. The predicted octanol–water partition coefficient (Wildman–Crippen LogP) is 0.967. The summed E-state index contributed by atoms with van der Waals surface area (Å²) in [4.78, 5) is 0. The minimum Gasteiger partial charge on any atom is -0.504 e. The summed E-state index contributed by atoms with van der Waals surface area (Å²) >= 11 is 0. The monoisotopic (exact) mass is 101 g/mol. The summed E-state index contributed by atoms with van der Waals surface area (Å²) in [6, 6.07) is 0. The van der Waals surface area contributed by atoms with Gasteiger partial charge < -0.3 is 4.74 Å². The largest absolute Gasteiger partial charge is 0.504 e. The Morgan fingerprint density at radius 3 is 2.57 bits per heavy atom. The van der Waals surface area contributed by atoms with Gasteiger partial charge in [-0.3, -0.25) is 0 Å². The Balaban J connectivity index is 3.29. The van der Waals surface area contributed by atoms with Gasteiger partial charge in [0.25, 0.3) is 0 Å². The topological polar surface area (TPSA) is 29.1 Å². The zero-order valence-electron chi connectivity index (χ0n) is 4.60. The average molecular weight is 101 g/mol. The van der Waals surface area contributed by atoms with E-state index in [9.17, 15) is 5.11 Å². The molecular weight excluding hydrogens is 92.1 g/mol. The molecule has 0 rings (SSSR count). The highest BCUT2D eigenvalue weighted by Gasteiger charge is 1.81. The number of methoxy groups -OCH3 is 1. The minimum atomic E-state index is -0.173. The van der Waals surface area contributed by atoms with Crippen LogP contribution in [0.1, 0.15) is 6.92 Å². The smallest absolute Gasteiger partial charge is 0.106 e. The van der Waals surface area contributed by atoms with E-state index in [1.165, 1.54) is 13.4 Å². The van der Waals surface area contributed by atoms with Crippen molar-refractivity contribution < 1.29 is 9.84 Å². The first kappa shape index (κ1) is 6.50. The summed E-state index contributed by atoms with van der Waals surface area (Å²) in [7, 11) is 1.53. The second-order valence-corrected chi connectivity index (χ2v) is 1.34. The van der Waals surface area contributed by atoms with E-state index in [4.69, 9.17) is 0 Å². The number of hydrogen-bond acceptors (Lipinski definition) is 1. The quantitative estimate of drug-likeness (QED) is 0.476. The number of ether oxygens (including phenoxy) is 1. The molecule has 1 radical (unpaired) electrons. The van der Waals surface area contributed by atoms with E-state index in [0.717, 1.165) is 5.57 Å². The van der Waals surface area contributed by atoms with E-state index in [1.807, 2.05) is 0 Å². The fourth-order valence-corrected chi connectivity index (χ4v) is 0.235. The third-order valence-corrected chi connectivity index (χ3v) is 0.547. The van der Waals surface area contributed by atoms with Crippen molar-refractivity contribution in [2.75, 3.05) is 13.7 Å². The van der Waals surface area contributed by atoms with Crippen LogP contribution in [0.25, 0.3) is 0 Å². The van der Waals surface area contributed by atoms with Crippen molar-refractivity contribution in [3.63, 3.8) is 0 Å². The van der Waals surface area contributed by atoms with Crippen molar-refractivity contribution in [1.82, 2.24) is 0 Å². The normalized spacial score (nSPS) is 11.6. The summed E-state index contributed by atoms with van der Waals surface area (Å²) in [5.41, 5.74) is 0.725. The molecule has 0 unspecified atom stereocenters. The first-order valence-corrected chi connectivity index (χ1v) is 2.07. The molecule has 0 aromatic heterocycles.